The smallest absolute Gasteiger partial charge is 0.254 e. The molecule has 0 radical (unpaired) electrons. The van der Waals surface area contributed by atoms with Crippen LogP contribution in [0.4, 0.5) is 0 Å². The van der Waals surface area contributed by atoms with Crippen molar-refractivity contribution >= 4 is 15.9 Å². The SMILES string of the molecule is CN(Cc1nc(-c2ccc(C(C)(C)C)cc2)no1)C(=O)c1ccc(S(=O)(=O)N2CCCC2)cc1. The van der Waals surface area contributed by atoms with Gasteiger partial charge in [0.05, 0.1) is 11.4 Å². The van der Waals surface area contributed by atoms with E-state index in [1.54, 1.807) is 7.05 Å². The fraction of sp³-hybridized carbons (Fsp3) is 0.400. The van der Waals surface area contributed by atoms with Crippen LogP contribution in [-0.2, 0) is 22.0 Å². The Morgan fingerprint density at radius 2 is 1.65 bits per heavy atom. The van der Waals surface area contributed by atoms with Gasteiger partial charge in [-0.3, -0.25) is 4.79 Å². The van der Waals surface area contributed by atoms with Gasteiger partial charge in [0.2, 0.25) is 21.7 Å². The third-order valence-corrected chi connectivity index (χ3v) is 7.91. The average molecular weight is 483 g/mol. The van der Waals surface area contributed by atoms with Crippen molar-refractivity contribution in [3.8, 4) is 11.4 Å². The number of carbonyl (C=O) groups is 1. The lowest BCUT2D eigenvalue weighted by atomic mass is 9.87. The predicted octanol–water partition coefficient (Wildman–Crippen LogP) is 4.09. The van der Waals surface area contributed by atoms with Crippen LogP contribution in [0.2, 0.25) is 0 Å². The molecule has 9 heteroatoms. The molecule has 1 aliphatic heterocycles. The van der Waals surface area contributed by atoms with E-state index in [2.05, 4.69) is 43.0 Å². The second kappa shape index (κ2) is 9.31. The van der Waals surface area contributed by atoms with E-state index in [4.69, 9.17) is 4.52 Å². The van der Waals surface area contributed by atoms with E-state index in [9.17, 15) is 13.2 Å². The van der Waals surface area contributed by atoms with E-state index in [0.29, 0.717) is 30.4 Å². The molecule has 0 spiro atoms. The Kier molecular flexibility index (Phi) is 6.60. The molecular formula is C25H30N4O4S. The Bertz CT molecular complexity index is 1250. The highest BCUT2D eigenvalue weighted by Gasteiger charge is 2.27. The summed E-state index contributed by atoms with van der Waals surface area (Å²) in [6, 6.07) is 14.1. The summed E-state index contributed by atoms with van der Waals surface area (Å²) in [5.41, 5.74) is 2.50. The van der Waals surface area contributed by atoms with Crippen LogP contribution in [0.5, 0.6) is 0 Å². The van der Waals surface area contributed by atoms with E-state index in [1.165, 1.54) is 39.0 Å². The van der Waals surface area contributed by atoms with Crippen LogP contribution in [-0.4, -0.2) is 53.8 Å². The molecule has 34 heavy (non-hydrogen) atoms. The number of hydrogen-bond donors (Lipinski definition) is 0. The van der Waals surface area contributed by atoms with Crippen molar-refractivity contribution in [1.82, 2.24) is 19.3 Å². The molecule has 1 fully saturated rings. The molecule has 1 saturated heterocycles. The summed E-state index contributed by atoms with van der Waals surface area (Å²) in [4.78, 5) is 18.9. The van der Waals surface area contributed by atoms with Gasteiger partial charge >= 0.3 is 0 Å². The number of aromatic nitrogens is 2. The Morgan fingerprint density at radius 1 is 1.03 bits per heavy atom. The maximum Gasteiger partial charge on any atom is 0.254 e. The molecule has 0 N–H and O–H groups in total. The number of sulfonamides is 1. The second-order valence-electron chi connectivity index (χ2n) is 9.64. The average Bonchev–Trinajstić information content (AvgIpc) is 3.51. The molecule has 1 aliphatic rings. The monoisotopic (exact) mass is 482 g/mol. The Hall–Kier alpha value is -3.04. The van der Waals surface area contributed by atoms with E-state index in [1.807, 2.05) is 12.1 Å². The number of carbonyl (C=O) groups excluding carboxylic acids is 1. The normalized spacial score (nSPS) is 14.9. The fourth-order valence-corrected chi connectivity index (χ4v) is 5.41. The molecule has 3 aromatic rings. The molecule has 0 atom stereocenters. The first kappa shape index (κ1) is 24.1. The molecule has 0 unspecified atom stereocenters. The van der Waals surface area contributed by atoms with Crippen molar-refractivity contribution in [2.75, 3.05) is 20.1 Å². The van der Waals surface area contributed by atoms with Crippen molar-refractivity contribution in [3.05, 3.63) is 65.5 Å². The fourth-order valence-electron chi connectivity index (χ4n) is 3.90. The zero-order valence-electron chi connectivity index (χ0n) is 20.0. The van der Waals surface area contributed by atoms with Crippen molar-refractivity contribution in [3.63, 3.8) is 0 Å². The van der Waals surface area contributed by atoms with Gasteiger partial charge in [0, 0.05) is 31.3 Å². The summed E-state index contributed by atoms with van der Waals surface area (Å²) in [6.07, 6.45) is 1.75. The molecular weight excluding hydrogens is 452 g/mol. The van der Waals surface area contributed by atoms with E-state index >= 15 is 0 Å². The minimum absolute atomic E-state index is 0.0561. The van der Waals surface area contributed by atoms with E-state index in [0.717, 1.165) is 18.4 Å². The highest BCUT2D eigenvalue weighted by molar-refractivity contribution is 7.89. The Morgan fingerprint density at radius 3 is 2.24 bits per heavy atom. The van der Waals surface area contributed by atoms with Crippen LogP contribution in [0, 0.1) is 0 Å². The highest BCUT2D eigenvalue weighted by atomic mass is 32.2. The Balaban J connectivity index is 1.42. The zero-order chi connectivity index (χ0) is 24.5. The number of nitrogens with zero attached hydrogens (tertiary/aromatic N) is 4. The molecule has 8 nitrogen and oxygen atoms in total. The first-order valence-corrected chi connectivity index (χ1v) is 12.8. The minimum Gasteiger partial charge on any atom is -0.337 e. The van der Waals surface area contributed by atoms with Crippen molar-refractivity contribution in [1.29, 1.82) is 0 Å². The lowest BCUT2D eigenvalue weighted by molar-refractivity contribution is 0.0769. The minimum atomic E-state index is -3.51. The molecule has 2 heterocycles. The van der Waals surface area contributed by atoms with Crippen LogP contribution in [0.1, 0.15) is 55.4 Å². The summed E-state index contributed by atoms with van der Waals surface area (Å²) in [6.45, 7) is 7.68. The maximum atomic E-state index is 12.9. The largest absolute Gasteiger partial charge is 0.337 e. The van der Waals surface area contributed by atoms with Crippen LogP contribution in [0.3, 0.4) is 0 Å². The van der Waals surface area contributed by atoms with Gasteiger partial charge in [-0.2, -0.15) is 9.29 Å². The highest BCUT2D eigenvalue weighted by Crippen LogP contribution is 2.25. The van der Waals surface area contributed by atoms with Gasteiger partial charge in [0.1, 0.15) is 0 Å². The Labute approximate surface area is 200 Å². The first-order valence-electron chi connectivity index (χ1n) is 11.3. The molecule has 0 saturated carbocycles. The number of rotatable bonds is 6. The molecule has 0 bridgehead atoms. The third-order valence-electron chi connectivity index (χ3n) is 6.00. The van der Waals surface area contributed by atoms with Gasteiger partial charge in [0.25, 0.3) is 5.91 Å². The van der Waals surface area contributed by atoms with E-state index < -0.39 is 10.0 Å². The zero-order valence-corrected chi connectivity index (χ0v) is 20.8. The molecule has 1 aromatic heterocycles. The third kappa shape index (κ3) is 5.05. The van der Waals surface area contributed by atoms with Crippen LogP contribution in [0.25, 0.3) is 11.4 Å². The molecule has 1 amide bonds. The van der Waals surface area contributed by atoms with Crippen LogP contribution < -0.4 is 0 Å². The predicted molar refractivity (Wildman–Crippen MR) is 129 cm³/mol. The van der Waals surface area contributed by atoms with E-state index in [-0.39, 0.29) is 22.8 Å². The van der Waals surface area contributed by atoms with Crippen molar-refractivity contribution in [2.45, 2.75) is 50.5 Å². The number of hydrogen-bond acceptors (Lipinski definition) is 6. The van der Waals surface area contributed by atoms with Gasteiger partial charge in [-0.15, -0.1) is 0 Å². The standard InChI is InChI=1S/C25H30N4O4S/c1-25(2,3)20-11-7-18(8-12-20)23-26-22(33-27-23)17-28(4)24(30)19-9-13-21(14-10-19)34(31,32)29-15-5-6-16-29/h7-14H,5-6,15-17H2,1-4H3. The molecule has 2 aromatic carbocycles. The first-order chi connectivity index (χ1) is 16.1. The van der Waals surface area contributed by atoms with Gasteiger partial charge in [-0.05, 0) is 48.1 Å². The van der Waals surface area contributed by atoms with Gasteiger partial charge < -0.3 is 9.42 Å². The van der Waals surface area contributed by atoms with Crippen molar-refractivity contribution in [2.24, 2.45) is 0 Å². The lowest BCUT2D eigenvalue weighted by Crippen LogP contribution is -2.28. The number of benzene rings is 2. The lowest BCUT2D eigenvalue weighted by Gasteiger charge is -2.18. The summed E-state index contributed by atoms with van der Waals surface area (Å²) in [7, 11) is -1.87. The summed E-state index contributed by atoms with van der Waals surface area (Å²) in [5, 5.41) is 4.04. The van der Waals surface area contributed by atoms with Gasteiger partial charge in [0.15, 0.2) is 0 Å². The summed E-state index contributed by atoms with van der Waals surface area (Å²) < 4.78 is 32.2. The second-order valence-corrected chi connectivity index (χ2v) is 11.6. The van der Waals surface area contributed by atoms with Crippen molar-refractivity contribution < 1.29 is 17.7 Å². The maximum absolute atomic E-state index is 12.9. The van der Waals surface area contributed by atoms with Gasteiger partial charge in [-0.25, -0.2) is 8.42 Å². The quantitative estimate of drug-likeness (QED) is 0.525. The molecule has 180 valence electrons. The molecule has 0 aliphatic carbocycles. The van der Waals surface area contributed by atoms with Crippen LogP contribution in [0.15, 0.2) is 57.9 Å². The van der Waals surface area contributed by atoms with Gasteiger partial charge in [-0.1, -0.05) is 50.2 Å². The summed E-state index contributed by atoms with van der Waals surface area (Å²) in [5.74, 6) is 0.520. The van der Waals surface area contributed by atoms with Crippen LogP contribution >= 0.6 is 0 Å². The topological polar surface area (TPSA) is 96.6 Å². The molecule has 4 rings (SSSR count). The number of amides is 1. The summed E-state index contributed by atoms with van der Waals surface area (Å²) >= 11 is 0.